The smallest absolute Gasteiger partial charge is 0.0424 e. The van der Waals surface area contributed by atoms with Crippen molar-refractivity contribution in [3.63, 3.8) is 0 Å². The van der Waals surface area contributed by atoms with Crippen LogP contribution in [0.4, 0.5) is 0 Å². The Kier molecular flexibility index (Phi) is 2.79. The third kappa shape index (κ3) is 1.83. The van der Waals surface area contributed by atoms with Gasteiger partial charge in [0.1, 0.15) is 0 Å². The van der Waals surface area contributed by atoms with Crippen molar-refractivity contribution >= 4 is 17.4 Å². The molecule has 96 valence electrons. The zero-order valence-electron chi connectivity index (χ0n) is 11.0. The summed E-state index contributed by atoms with van der Waals surface area (Å²) in [6.45, 7) is 0. The molecule has 0 saturated heterocycles. The number of benzene rings is 2. The fourth-order valence-corrected chi connectivity index (χ4v) is 4.11. The third-order valence-electron chi connectivity index (χ3n) is 3.73. The highest BCUT2D eigenvalue weighted by atomic mass is 32.1. The van der Waals surface area contributed by atoms with Crippen molar-refractivity contribution in [2.45, 2.75) is 6.42 Å². The van der Waals surface area contributed by atoms with E-state index in [1.54, 1.807) is 0 Å². The largest absolute Gasteiger partial charge is 0.134 e. The van der Waals surface area contributed by atoms with Gasteiger partial charge in [0.15, 0.2) is 0 Å². The molecule has 1 aliphatic carbocycles. The summed E-state index contributed by atoms with van der Waals surface area (Å²) in [6.07, 6.45) is 5.61. The zero-order valence-corrected chi connectivity index (χ0v) is 11.9. The van der Waals surface area contributed by atoms with Gasteiger partial charge in [-0.15, -0.1) is 11.3 Å². The van der Waals surface area contributed by atoms with Gasteiger partial charge < -0.3 is 0 Å². The minimum atomic E-state index is 1.06. The van der Waals surface area contributed by atoms with E-state index in [0.29, 0.717) is 0 Å². The number of hydrogen-bond acceptors (Lipinski definition) is 1. The number of thiophene rings is 1. The lowest BCUT2D eigenvalue weighted by molar-refractivity contribution is 1.34. The van der Waals surface area contributed by atoms with Gasteiger partial charge in [-0.2, -0.15) is 0 Å². The SMILES string of the molecule is C1=Cc2c(-c3ccccc3)sc(-c3ccccc3)c2C1. The molecule has 0 unspecified atom stereocenters. The molecule has 0 atom stereocenters. The fourth-order valence-electron chi connectivity index (χ4n) is 2.78. The van der Waals surface area contributed by atoms with Gasteiger partial charge in [-0.05, 0) is 28.7 Å². The van der Waals surface area contributed by atoms with Crippen LogP contribution < -0.4 is 0 Å². The number of hydrogen-bond donors (Lipinski definition) is 0. The molecule has 3 aromatic rings. The normalized spacial score (nSPS) is 12.6. The molecule has 4 rings (SSSR count). The maximum absolute atomic E-state index is 2.28. The van der Waals surface area contributed by atoms with Crippen LogP contribution in [0.15, 0.2) is 66.7 Å². The summed E-state index contributed by atoms with van der Waals surface area (Å²) in [5, 5.41) is 0. The van der Waals surface area contributed by atoms with Gasteiger partial charge in [0.05, 0.1) is 0 Å². The molecular formula is C19H14S. The van der Waals surface area contributed by atoms with Gasteiger partial charge in [0, 0.05) is 9.75 Å². The molecule has 0 nitrogen and oxygen atoms in total. The molecule has 0 radical (unpaired) electrons. The average molecular weight is 274 g/mol. The molecule has 0 saturated carbocycles. The summed E-state index contributed by atoms with van der Waals surface area (Å²) in [7, 11) is 0. The highest BCUT2D eigenvalue weighted by Gasteiger charge is 2.20. The second kappa shape index (κ2) is 4.77. The van der Waals surface area contributed by atoms with E-state index in [1.807, 2.05) is 11.3 Å². The summed E-state index contributed by atoms with van der Waals surface area (Å²) in [6, 6.07) is 21.4. The van der Waals surface area contributed by atoms with Gasteiger partial charge in [0.25, 0.3) is 0 Å². The first kappa shape index (κ1) is 11.7. The van der Waals surface area contributed by atoms with Crippen LogP contribution in [0.2, 0.25) is 0 Å². The van der Waals surface area contributed by atoms with Crippen LogP contribution in [0, 0.1) is 0 Å². The van der Waals surface area contributed by atoms with Crippen LogP contribution in [0.1, 0.15) is 11.1 Å². The van der Waals surface area contributed by atoms with Crippen molar-refractivity contribution in [3.8, 4) is 20.9 Å². The molecular weight excluding hydrogens is 260 g/mol. The third-order valence-corrected chi connectivity index (χ3v) is 5.07. The van der Waals surface area contributed by atoms with Crippen LogP contribution >= 0.6 is 11.3 Å². The minimum absolute atomic E-state index is 1.06. The van der Waals surface area contributed by atoms with Crippen LogP contribution in [0.3, 0.4) is 0 Å². The summed E-state index contributed by atoms with van der Waals surface area (Å²) in [5.41, 5.74) is 5.56. The first-order chi connectivity index (χ1) is 9.93. The molecule has 0 amide bonds. The maximum Gasteiger partial charge on any atom is 0.0424 e. The molecule has 1 heterocycles. The molecule has 2 aromatic carbocycles. The molecule has 0 spiro atoms. The van der Waals surface area contributed by atoms with Crippen LogP contribution in [-0.2, 0) is 6.42 Å². The Hall–Kier alpha value is -2.12. The predicted octanol–water partition coefficient (Wildman–Crippen LogP) is 5.65. The molecule has 0 aliphatic heterocycles. The Labute approximate surface area is 123 Å². The van der Waals surface area contributed by atoms with E-state index in [1.165, 1.54) is 32.0 Å². The quantitative estimate of drug-likeness (QED) is 0.566. The van der Waals surface area contributed by atoms with Crippen LogP contribution in [-0.4, -0.2) is 0 Å². The Morgan fingerprint density at radius 1 is 0.700 bits per heavy atom. The van der Waals surface area contributed by atoms with Gasteiger partial charge in [-0.3, -0.25) is 0 Å². The predicted molar refractivity (Wildman–Crippen MR) is 87.9 cm³/mol. The summed E-state index contributed by atoms with van der Waals surface area (Å²) in [5.74, 6) is 0. The Morgan fingerprint density at radius 2 is 1.30 bits per heavy atom. The molecule has 1 aromatic heterocycles. The lowest BCUT2D eigenvalue weighted by Crippen LogP contribution is -1.80. The van der Waals surface area contributed by atoms with Gasteiger partial charge >= 0.3 is 0 Å². The topological polar surface area (TPSA) is 0 Å². The highest BCUT2D eigenvalue weighted by Crippen LogP contribution is 2.45. The van der Waals surface area contributed by atoms with Gasteiger partial charge in [0.2, 0.25) is 0 Å². The molecule has 20 heavy (non-hydrogen) atoms. The number of rotatable bonds is 2. The van der Waals surface area contributed by atoms with E-state index >= 15 is 0 Å². The van der Waals surface area contributed by atoms with Gasteiger partial charge in [-0.25, -0.2) is 0 Å². The van der Waals surface area contributed by atoms with E-state index in [-0.39, 0.29) is 0 Å². The summed E-state index contributed by atoms with van der Waals surface area (Å²) >= 11 is 1.92. The Balaban J connectivity index is 1.93. The van der Waals surface area contributed by atoms with Crippen molar-refractivity contribution in [3.05, 3.63) is 77.9 Å². The van der Waals surface area contributed by atoms with Crippen molar-refractivity contribution in [2.75, 3.05) is 0 Å². The molecule has 0 N–H and O–H groups in total. The standard InChI is InChI=1S/C19H14S/c1-3-8-14(9-4-1)18-16-12-7-13-17(16)19(20-18)15-10-5-2-6-11-15/h1-12H,13H2. The monoisotopic (exact) mass is 274 g/mol. The van der Waals surface area contributed by atoms with Crippen molar-refractivity contribution in [2.24, 2.45) is 0 Å². The van der Waals surface area contributed by atoms with Crippen molar-refractivity contribution in [1.29, 1.82) is 0 Å². The lowest BCUT2D eigenvalue weighted by atomic mass is 10.0. The van der Waals surface area contributed by atoms with Gasteiger partial charge in [-0.1, -0.05) is 72.8 Å². The average Bonchev–Trinajstić information content (AvgIpc) is 3.11. The van der Waals surface area contributed by atoms with E-state index < -0.39 is 0 Å². The van der Waals surface area contributed by atoms with Crippen LogP contribution in [0.5, 0.6) is 0 Å². The second-order valence-electron chi connectivity index (χ2n) is 4.99. The molecule has 1 heteroatoms. The van der Waals surface area contributed by atoms with E-state index in [2.05, 4.69) is 72.8 Å². The van der Waals surface area contributed by atoms with Crippen LogP contribution in [0.25, 0.3) is 27.0 Å². The zero-order chi connectivity index (χ0) is 13.4. The summed E-state index contributed by atoms with van der Waals surface area (Å²) in [4.78, 5) is 2.82. The van der Waals surface area contributed by atoms with E-state index in [0.717, 1.165) is 6.42 Å². The first-order valence-electron chi connectivity index (χ1n) is 6.86. The molecule has 0 bridgehead atoms. The van der Waals surface area contributed by atoms with E-state index in [4.69, 9.17) is 0 Å². The minimum Gasteiger partial charge on any atom is -0.134 e. The highest BCUT2D eigenvalue weighted by molar-refractivity contribution is 7.19. The Morgan fingerprint density at radius 3 is 1.95 bits per heavy atom. The number of fused-ring (bicyclic) bond motifs is 1. The molecule has 1 aliphatic rings. The first-order valence-corrected chi connectivity index (χ1v) is 7.68. The van der Waals surface area contributed by atoms with Crippen molar-refractivity contribution in [1.82, 2.24) is 0 Å². The number of allylic oxidation sites excluding steroid dienone is 1. The summed E-state index contributed by atoms with van der Waals surface area (Å²) < 4.78 is 0. The lowest BCUT2D eigenvalue weighted by Gasteiger charge is -1.99. The Bertz CT molecular complexity index is 764. The maximum atomic E-state index is 2.28. The van der Waals surface area contributed by atoms with Crippen molar-refractivity contribution < 1.29 is 0 Å². The van der Waals surface area contributed by atoms with E-state index in [9.17, 15) is 0 Å². The second-order valence-corrected chi connectivity index (χ2v) is 6.01. The fraction of sp³-hybridized carbons (Fsp3) is 0.0526. The molecule has 0 fully saturated rings.